The highest BCUT2D eigenvalue weighted by molar-refractivity contribution is 7.13. The number of hydrogen-bond acceptors (Lipinski definition) is 5. The fourth-order valence-corrected chi connectivity index (χ4v) is 2.44. The number of nitrogens with zero attached hydrogens (tertiary/aromatic N) is 3. The molecule has 1 N–H and O–H groups in total. The third-order valence-corrected chi connectivity index (χ3v) is 3.60. The van der Waals surface area contributed by atoms with Gasteiger partial charge in [-0.1, -0.05) is 11.3 Å². The molecular formula is C10H18N4S. The summed E-state index contributed by atoms with van der Waals surface area (Å²) in [5.74, 6) is 0.760. The minimum atomic E-state index is 0.677. The second kappa shape index (κ2) is 4.90. The number of rotatable bonds is 4. The molecule has 1 unspecified atom stereocenters. The molecule has 0 bridgehead atoms. The van der Waals surface area contributed by atoms with Crippen LogP contribution >= 0.6 is 11.3 Å². The van der Waals surface area contributed by atoms with Gasteiger partial charge in [-0.05, 0) is 32.7 Å². The van der Waals surface area contributed by atoms with E-state index in [1.807, 2.05) is 0 Å². The smallest absolute Gasteiger partial charge is 0.205 e. The van der Waals surface area contributed by atoms with Crippen LogP contribution in [0.25, 0.3) is 0 Å². The molecule has 2 heterocycles. The molecule has 1 saturated heterocycles. The van der Waals surface area contributed by atoms with Crippen molar-refractivity contribution < 1.29 is 0 Å². The van der Waals surface area contributed by atoms with E-state index in [0.717, 1.165) is 17.6 Å². The van der Waals surface area contributed by atoms with Crippen LogP contribution in [-0.4, -0.2) is 40.8 Å². The largest absolute Gasteiger partial charge is 0.360 e. The number of aromatic nitrogens is 2. The maximum atomic E-state index is 3.98. The van der Waals surface area contributed by atoms with Crippen molar-refractivity contribution in [2.24, 2.45) is 5.92 Å². The highest BCUT2D eigenvalue weighted by Crippen LogP contribution is 2.19. The topological polar surface area (TPSA) is 41.0 Å². The van der Waals surface area contributed by atoms with E-state index in [1.165, 1.54) is 19.5 Å². The Morgan fingerprint density at radius 3 is 3.13 bits per heavy atom. The zero-order valence-electron chi connectivity index (χ0n) is 9.31. The van der Waals surface area contributed by atoms with Crippen molar-refractivity contribution in [3.05, 3.63) is 5.51 Å². The first-order valence-corrected chi connectivity index (χ1v) is 6.37. The highest BCUT2D eigenvalue weighted by Gasteiger charge is 2.23. The summed E-state index contributed by atoms with van der Waals surface area (Å²) < 4.78 is 0. The molecule has 84 valence electrons. The zero-order valence-corrected chi connectivity index (χ0v) is 10.1. The molecular weight excluding hydrogens is 208 g/mol. The Hall–Kier alpha value is -0.680. The molecule has 4 nitrogen and oxygen atoms in total. The van der Waals surface area contributed by atoms with Crippen molar-refractivity contribution in [1.29, 1.82) is 0 Å². The lowest BCUT2D eigenvalue weighted by molar-refractivity contribution is 0.266. The van der Waals surface area contributed by atoms with E-state index in [1.54, 1.807) is 16.8 Å². The van der Waals surface area contributed by atoms with Crippen molar-refractivity contribution >= 4 is 16.5 Å². The Bertz CT molecular complexity index is 286. The number of anilines is 1. The first kappa shape index (κ1) is 10.8. The van der Waals surface area contributed by atoms with E-state index in [9.17, 15) is 0 Å². The summed E-state index contributed by atoms with van der Waals surface area (Å²) in [5, 5.41) is 12.1. The quantitative estimate of drug-likeness (QED) is 0.848. The van der Waals surface area contributed by atoms with Crippen LogP contribution in [0.4, 0.5) is 5.13 Å². The molecule has 1 aliphatic heterocycles. The summed E-state index contributed by atoms with van der Waals surface area (Å²) in [7, 11) is 0. The fourth-order valence-electron chi connectivity index (χ4n) is 1.98. The predicted octanol–water partition coefficient (Wildman–Crippen LogP) is 1.68. The third kappa shape index (κ3) is 2.89. The van der Waals surface area contributed by atoms with Gasteiger partial charge in [-0.15, -0.1) is 10.2 Å². The minimum absolute atomic E-state index is 0.677. The molecule has 2 rings (SSSR count). The lowest BCUT2D eigenvalue weighted by Crippen LogP contribution is -2.29. The Morgan fingerprint density at radius 2 is 2.53 bits per heavy atom. The minimum Gasteiger partial charge on any atom is -0.360 e. The average Bonchev–Trinajstić information content (AvgIpc) is 2.86. The standard InChI is InChI=1S/C10H18N4S/c1-8(2)14-4-3-9(6-14)5-11-10-13-12-7-15-10/h7-9H,3-6H2,1-2H3,(H,11,13). The normalized spacial score (nSPS) is 22.5. The molecule has 0 saturated carbocycles. The Labute approximate surface area is 94.7 Å². The van der Waals surface area contributed by atoms with E-state index < -0.39 is 0 Å². The molecule has 5 heteroatoms. The zero-order chi connectivity index (χ0) is 10.7. The van der Waals surface area contributed by atoms with Crippen LogP contribution in [0.5, 0.6) is 0 Å². The van der Waals surface area contributed by atoms with Crippen molar-refractivity contribution in [3.8, 4) is 0 Å². The summed E-state index contributed by atoms with van der Waals surface area (Å²) in [6.45, 7) is 8.00. The van der Waals surface area contributed by atoms with Gasteiger partial charge in [-0.25, -0.2) is 0 Å². The van der Waals surface area contributed by atoms with Crippen molar-refractivity contribution in [1.82, 2.24) is 15.1 Å². The maximum Gasteiger partial charge on any atom is 0.205 e. The summed E-state index contributed by atoms with van der Waals surface area (Å²) >= 11 is 1.57. The summed E-state index contributed by atoms with van der Waals surface area (Å²) in [5.41, 5.74) is 1.76. The van der Waals surface area contributed by atoms with E-state index in [0.29, 0.717) is 6.04 Å². The van der Waals surface area contributed by atoms with Gasteiger partial charge in [0.15, 0.2) is 0 Å². The van der Waals surface area contributed by atoms with Gasteiger partial charge in [0.2, 0.25) is 5.13 Å². The van der Waals surface area contributed by atoms with Crippen LogP contribution in [0, 0.1) is 5.92 Å². The molecule has 15 heavy (non-hydrogen) atoms. The molecule has 1 aromatic rings. The van der Waals surface area contributed by atoms with Crippen LogP contribution in [-0.2, 0) is 0 Å². The molecule has 1 fully saturated rings. The Morgan fingerprint density at radius 1 is 1.67 bits per heavy atom. The van der Waals surface area contributed by atoms with Crippen LogP contribution in [0.2, 0.25) is 0 Å². The van der Waals surface area contributed by atoms with Crippen LogP contribution in [0.3, 0.4) is 0 Å². The van der Waals surface area contributed by atoms with Crippen molar-refractivity contribution in [2.45, 2.75) is 26.3 Å². The van der Waals surface area contributed by atoms with Gasteiger partial charge in [0.1, 0.15) is 5.51 Å². The van der Waals surface area contributed by atoms with Crippen LogP contribution in [0.15, 0.2) is 5.51 Å². The average molecular weight is 226 g/mol. The molecule has 1 aliphatic rings. The van der Waals surface area contributed by atoms with Crippen LogP contribution in [0.1, 0.15) is 20.3 Å². The molecule has 0 radical (unpaired) electrons. The monoisotopic (exact) mass is 226 g/mol. The molecule has 0 aromatic carbocycles. The van der Waals surface area contributed by atoms with E-state index in [2.05, 4.69) is 34.3 Å². The SMILES string of the molecule is CC(C)N1CCC(CNc2nncs2)C1. The number of hydrogen-bond donors (Lipinski definition) is 1. The second-order valence-electron chi connectivity index (χ2n) is 4.37. The Kier molecular flexibility index (Phi) is 3.53. The van der Waals surface area contributed by atoms with Gasteiger partial charge in [-0.3, -0.25) is 0 Å². The lowest BCUT2D eigenvalue weighted by Gasteiger charge is -2.20. The lowest BCUT2D eigenvalue weighted by atomic mass is 10.1. The van der Waals surface area contributed by atoms with Gasteiger partial charge in [0, 0.05) is 19.1 Å². The first-order chi connectivity index (χ1) is 7.25. The van der Waals surface area contributed by atoms with Crippen molar-refractivity contribution in [2.75, 3.05) is 25.0 Å². The fraction of sp³-hybridized carbons (Fsp3) is 0.800. The molecule has 1 aromatic heterocycles. The predicted molar refractivity (Wildman–Crippen MR) is 63.2 cm³/mol. The maximum absolute atomic E-state index is 3.98. The summed E-state index contributed by atoms with van der Waals surface area (Å²) in [6, 6.07) is 0.677. The van der Waals surface area contributed by atoms with E-state index >= 15 is 0 Å². The van der Waals surface area contributed by atoms with Gasteiger partial charge in [0.05, 0.1) is 0 Å². The van der Waals surface area contributed by atoms with Crippen molar-refractivity contribution in [3.63, 3.8) is 0 Å². The number of nitrogens with one attached hydrogen (secondary N) is 1. The summed E-state index contributed by atoms with van der Waals surface area (Å²) in [4.78, 5) is 2.53. The van der Waals surface area contributed by atoms with Gasteiger partial charge in [-0.2, -0.15) is 0 Å². The van der Waals surface area contributed by atoms with Crippen LogP contribution < -0.4 is 5.32 Å². The van der Waals surface area contributed by atoms with E-state index in [-0.39, 0.29) is 0 Å². The third-order valence-electron chi connectivity index (χ3n) is 2.95. The van der Waals surface area contributed by atoms with Gasteiger partial charge < -0.3 is 10.2 Å². The molecule has 0 spiro atoms. The Balaban J connectivity index is 1.73. The first-order valence-electron chi connectivity index (χ1n) is 5.50. The summed E-state index contributed by atoms with van der Waals surface area (Å²) in [6.07, 6.45) is 1.30. The molecule has 0 amide bonds. The molecule has 1 atom stereocenters. The second-order valence-corrected chi connectivity index (χ2v) is 5.20. The van der Waals surface area contributed by atoms with Gasteiger partial charge in [0.25, 0.3) is 0 Å². The molecule has 0 aliphatic carbocycles. The van der Waals surface area contributed by atoms with Gasteiger partial charge >= 0.3 is 0 Å². The van der Waals surface area contributed by atoms with E-state index in [4.69, 9.17) is 0 Å². The number of likely N-dealkylation sites (tertiary alicyclic amines) is 1. The highest BCUT2D eigenvalue weighted by atomic mass is 32.1.